The molecule has 9 aromatic carbocycles. The summed E-state index contributed by atoms with van der Waals surface area (Å²) in [4.78, 5) is 2.52. The fourth-order valence-corrected chi connectivity index (χ4v) is 8.92. The third-order valence-corrected chi connectivity index (χ3v) is 11.2. The number of hydrogen-bond donors (Lipinski definition) is 0. The molecule has 0 spiro atoms. The zero-order chi connectivity index (χ0) is 33.0. The Balaban J connectivity index is 1.28. The van der Waals surface area contributed by atoms with Crippen LogP contribution in [-0.2, 0) is 0 Å². The van der Waals surface area contributed by atoms with Gasteiger partial charge in [-0.25, -0.2) is 0 Å². The Morgan fingerprint density at radius 1 is 0.320 bits per heavy atom. The summed E-state index contributed by atoms with van der Waals surface area (Å²) in [6.45, 7) is 0. The molecule has 1 aromatic heterocycles. The van der Waals surface area contributed by atoms with Crippen molar-refractivity contribution in [3.8, 4) is 22.3 Å². The van der Waals surface area contributed by atoms with Crippen LogP contribution < -0.4 is 4.90 Å². The highest BCUT2D eigenvalue weighted by Gasteiger charge is 2.23. The molecule has 1 heterocycles. The number of para-hydroxylation sites is 1. The van der Waals surface area contributed by atoms with E-state index in [1.165, 1.54) is 86.1 Å². The van der Waals surface area contributed by atoms with Crippen molar-refractivity contribution >= 4 is 80.9 Å². The van der Waals surface area contributed by atoms with E-state index >= 15 is 0 Å². The van der Waals surface area contributed by atoms with E-state index in [-0.39, 0.29) is 0 Å². The van der Waals surface area contributed by atoms with Crippen LogP contribution >= 0.6 is 11.3 Å². The monoisotopic (exact) mass is 653 g/mol. The molecule has 10 aromatic rings. The average molecular weight is 654 g/mol. The fourth-order valence-electron chi connectivity index (χ4n) is 7.80. The second-order valence-electron chi connectivity index (χ2n) is 12.9. The molecule has 0 aliphatic rings. The second kappa shape index (κ2) is 11.7. The summed E-state index contributed by atoms with van der Waals surface area (Å²) in [5, 5.41) is 10.1. The molecule has 10 rings (SSSR count). The Morgan fingerprint density at radius 2 is 0.880 bits per heavy atom. The van der Waals surface area contributed by atoms with Crippen molar-refractivity contribution in [2.24, 2.45) is 0 Å². The zero-order valence-corrected chi connectivity index (χ0v) is 28.1. The van der Waals surface area contributed by atoms with E-state index in [1.807, 2.05) is 11.3 Å². The van der Waals surface area contributed by atoms with Gasteiger partial charge in [-0.3, -0.25) is 0 Å². The first-order chi connectivity index (χ1) is 24.8. The number of thiophene rings is 1. The van der Waals surface area contributed by atoms with Crippen LogP contribution in [0.4, 0.5) is 17.1 Å². The van der Waals surface area contributed by atoms with E-state index in [1.54, 1.807) is 0 Å². The third kappa shape index (κ3) is 4.61. The Kier molecular flexibility index (Phi) is 6.75. The van der Waals surface area contributed by atoms with Gasteiger partial charge in [-0.1, -0.05) is 152 Å². The summed E-state index contributed by atoms with van der Waals surface area (Å²) in [6, 6.07) is 68.8. The van der Waals surface area contributed by atoms with Crippen molar-refractivity contribution in [1.29, 1.82) is 0 Å². The summed E-state index contributed by atoms with van der Waals surface area (Å²) in [5.41, 5.74) is 8.31. The van der Waals surface area contributed by atoms with Crippen LogP contribution in [0.1, 0.15) is 0 Å². The van der Waals surface area contributed by atoms with Gasteiger partial charge in [0.1, 0.15) is 0 Å². The van der Waals surface area contributed by atoms with Gasteiger partial charge in [0.05, 0.1) is 17.1 Å². The first-order valence-corrected chi connectivity index (χ1v) is 17.9. The van der Waals surface area contributed by atoms with Crippen LogP contribution in [-0.4, -0.2) is 0 Å². The number of benzene rings is 9. The van der Waals surface area contributed by atoms with Crippen molar-refractivity contribution in [3.05, 3.63) is 188 Å². The fraction of sp³-hybridized carbons (Fsp3) is 0. The maximum absolute atomic E-state index is 2.52. The minimum absolute atomic E-state index is 1.14. The van der Waals surface area contributed by atoms with Gasteiger partial charge in [0.2, 0.25) is 0 Å². The molecule has 0 N–H and O–H groups in total. The van der Waals surface area contributed by atoms with Crippen LogP contribution in [0.2, 0.25) is 0 Å². The second-order valence-corrected chi connectivity index (χ2v) is 14.0. The van der Waals surface area contributed by atoms with Gasteiger partial charge >= 0.3 is 0 Å². The molecule has 0 unspecified atom stereocenters. The van der Waals surface area contributed by atoms with Crippen molar-refractivity contribution in [2.45, 2.75) is 0 Å². The van der Waals surface area contributed by atoms with Gasteiger partial charge in [0.15, 0.2) is 0 Å². The molecule has 234 valence electrons. The van der Waals surface area contributed by atoms with Crippen LogP contribution in [0.25, 0.3) is 74.7 Å². The lowest BCUT2D eigenvalue weighted by Gasteiger charge is -2.30. The van der Waals surface area contributed by atoms with Gasteiger partial charge in [-0.05, 0) is 80.0 Å². The molecular formula is C48H31NS. The van der Waals surface area contributed by atoms with Crippen molar-refractivity contribution in [2.75, 3.05) is 4.90 Å². The summed E-state index contributed by atoms with van der Waals surface area (Å²) in [7, 11) is 0. The SMILES string of the molecule is c1cc(-c2ccccc2N(c2cc3ccccc3c3ccccc23)c2cccc3sc4ccccc4c23)cc(-c2cccc3ccccc23)c1. The number of hydrogen-bond acceptors (Lipinski definition) is 2. The van der Waals surface area contributed by atoms with E-state index in [0.29, 0.717) is 0 Å². The third-order valence-electron chi connectivity index (χ3n) is 10.0. The highest BCUT2D eigenvalue weighted by molar-refractivity contribution is 7.26. The molecule has 0 bridgehead atoms. The standard InChI is InChI=1S/C48H31NS/c1-3-19-36-32(14-1)16-12-25-37(36)33-17-11-18-34(30-33)39-21-7-9-26-43(39)49(44-27-13-29-47-48(44)42-24-8-10-28-46(42)50-47)45-31-35-15-2-4-20-38(35)40-22-5-6-23-41(40)45/h1-31H. The van der Waals surface area contributed by atoms with Crippen molar-refractivity contribution < 1.29 is 0 Å². The van der Waals surface area contributed by atoms with Gasteiger partial charge in [-0.15, -0.1) is 11.3 Å². The Morgan fingerprint density at radius 3 is 1.76 bits per heavy atom. The molecule has 0 fully saturated rings. The lowest BCUT2D eigenvalue weighted by molar-refractivity contribution is 1.32. The minimum atomic E-state index is 1.14. The molecule has 2 heteroatoms. The number of rotatable bonds is 5. The maximum Gasteiger partial charge on any atom is 0.0555 e. The maximum atomic E-state index is 2.52. The molecule has 0 radical (unpaired) electrons. The summed E-state index contributed by atoms with van der Waals surface area (Å²) in [6.07, 6.45) is 0. The lowest BCUT2D eigenvalue weighted by atomic mass is 9.94. The molecular weight excluding hydrogens is 623 g/mol. The first-order valence-electron chi connectivity index (χ1n) is 17.1. The first kappa shape index (κ1) is 28.8. The predicted molar refractivity (Wildman–Crippen MR) is 217 cm³/mol. The van der Waals surface area contributed by atoms with Crippen molar-refractivity contribution in [1.82, 2.24) is 0 Å². The van der Waals surface area contributed by atoms with Crippen LogP contribution in [0, 0.1) is 0 Å². The van der Waals surface area contributed by atoms with Crippen LogP contribution in [0.15, 0.2) is 188 Å². The quantitative estimate of drug-likeness (QED) is 0.167. The van der Waals surface area contributed by atoms with Gasteiger partial charge in [-0.2, -0.15) is 0 Å². The Hall–Kier alpha value is -6.22. The topological polar surface area (TPSA) is 3.24 Å². The molecule has 0 atom stereocenters. The number of fused-ring (bicyclic) bond motifs is 7. The van der Waals surface area contributed by atoms with Gasteiger partial charge < -0.3 is 4.90 Å². The normalized spacial score (nSPS) is 11.6. The van der Waals surface area contributed by atoms with Gasteiger partial charge in [0, 0.05) is 31.1 Å². The average Bonchev–Trinajstić information content (AvgIpc) is 3.58. The van der Waals surface area contributed by atoms with Crippen LogP contribution in [0.3, 0.4) is 0 Å². The van der Waals surface area contributed by atoms with Gasteiger partial charge in [0.25, 0.3) is 0 Å². The number of nitrogens with zero attached hydrogens (tertiary/aromatic N) is 1. The molecule has 50 heavy (non-hydrogen) atoms. The number of anilines is 3. The minimum Gasteiger partial charge on any atom is -0.309 e. The van der Waals surface area contributed by atoms with E-state index in [9.17, 15) is 0 Å². The predicted octanol–water partition coefficient (Wildman–Crippen LogP) is 14.3. The van der Waals surface area contributed by atoms with E-state index < -0.39 is 0 Å². The summed E-state index contributed by atoms with van der Waals surface area (Å²) >= 11 is 1.86. The molecule has 0 aliphatic heterocycles. The smallest absolute Gasteiger partial charge is 0.0555 e. The lowest BCUT2D eigenvalue weighted by Crippen LogP contribution is -2.12. The Labute approximate surface area is 294 Å². The molecule has 0 aliphatic carbocycles. The highest BCUT2D eigenvalue weighted by Crippen LogP contribution is 2.49. The molecule has 0 saturated heterocycles. The van der Waals surface area contributed by atoms with E-state index in [4.69, 9.17) is 0 Å². The molecule has 1 nitrogen and oxygen atoms in total. The molecule has 0 amide bonds. The zero-order valence-electron chi connectivity index (χ0n) is 27.3. The Bertz CT molecular complexity index is 2890. The summed E-state index contributed by atoms with van der Waals surface area (Å²) in [5.74, 6) is 0. The summed E-state index contributed by atoms with van der Waals surface area (Å²) < 4.78 is 2.59. The largest absolute Gasteiger partial charge is 0.309 e. The van der Waals surface area contributed by atoms with Crippen LogP contribution in [0.5, 0.6) is 0 Å². The highest BCUT2D eigenvalue weighted by atomic mass is 32.1. The van der Waals surface area contributed by atoms with E-state index in [2.05, 4.69) is 193 Å². The van der Waals surface area contributed by atoms with E-state index in [0.717, 1.165) is 5.69 Å². The van der Waals surface area contributed by atoms with Crippen molar-refractivity contribution in [3.63, 3.8) is 0 Å². The molecule has 0 saturated carbocycles.